The summed E-state index contributed by atoms with van der Waals surface area (Å²) in [5.41, 5.74) is 5.22. The van der Waals surface area contributed by atoms with E-state index in [2.05, 4.69) is 5.10 Å². The van der Waals surface area contributed by atoms with Crippen molar-refractivity contribution in [3.8, 4) is 0 Å². The molecule has 0 bridgehead atoms. The minimum absolute atomic E-state index is 0.0696. The van der Waals surface area contributed by atoms with Crippen molar-refractivity contribution in [1.82, 2.24) is 9.78 Å². The van der Waals surface area contributed by atoms with Crippen LogP contribution in [0.5, 0.6) is 0 Å². The fraction of sp³-hybridized carbons (Fsp3) is 0.600. The fourth-order valence-electron chi connectivity index (χ4n) is 1.90. The van der Waals surface area contributed by atoms with Crippen LogP contribution in [0.1, 0.15) is 41.2 Å². The maximum Gasteiger partial charge on any atom is 0.455 e. The molecule has 1 aromatic rings. The molecule has 1 aliphatic carbocycles. The zero-order valence-electron chi connectivity index (χ0n) is 9.21. The lowest BCUT2D eigenvalue weighted by Crippen LogP contribution is -2.26. The number of Topliss-reactive ketones (excluding diaryl/α,β-unsaturated/α-hetero) is 1. The van der Waals surface area contributed by atoms with Crippen LogP contribution in [0.15, 0.2) is 0 Å². The molecule has 0 radical (unpaired) electrons. The lowest BCUT2D eigenvalue weighted by molar-refractivity contribution is -0.0885. The Hall–Kier alpha value is -1.53. The summed E-state index contributed by atoms with van der Waals surface area (Å²) in [6.45, 7) is 0. The molecule has 0 unspecified atom stereocenters. The summed E-state index contributed by atoms with van der Waals surface area (Å²) in [5, 5.41) is 3.94. The SMILES string of the molecule is Cn1nc(C2CCC2)c(C(=O)C(F)(F)F)c1N. The van der Waals surface area contributed by atoms with E-state index in [4.69, 9.17) is 5.73 Å². The summed E-state index contributed by atoms with van der Waals surface area (Å²) in [7, 11) is 1.44. The van der Waals surface area contributed by atoms with Gasteiger partial charge in [0.25, 0.3) is 5.78 Å². The third kappa shape index (κ3) is 1.89. The van der Waals surface area contributed by atoms with Gasteiger partial charge in [-0.25, -0.2) is 0 Å². The Labute approximate surface area is 95.6 Å². The smallest absolute Gasteiger partial charge is 0.383 e. The van der Waals surface area contributed by atoms with Crippen molar-refractivity contribution in [3.63, 3.8) is 0 Å². The molecule has 1 heterocycles. The van der Waals surface area contributed by atoms with Gasteiger partial charge in [-0.15, -0.1) is 0 Å². The van der Waals surface area contributed by atoms with E-state index in [-0.39, 0.29) is 17.4 Å². The van der Waals surface area contributed by atoms with E-state index in [0.29, 0.717) is 0 Å². The van der Waals surface area contributed by atoms with Crippen molar-refractivity contribution >= 4 is 11.6 Å². The Morgan fingerprint density at radius 1 is 1.47 bits per heavy atom. The third-order valence-electron chi connectivity index (χ3n) is 3.10. The number of aryl methyl sites for hydroxylation is 1. The number of nitrogens with zero attached hydrogens (tertiary/aromatic N) is 2. The van der Waals surface area contributed by atoms with E-state index in [1.165, 1.54) is 7.05 Å². The van der Waals surface area contributed by atoms with E-state index >= 15 is 0 Å². The molecule has 0 spiro atoms. The molecular formula is C10H12F3N3O. The highest BCUT2D eigenvalue weighted by Crippen LogP contribution is 2.40. The van der Waals surface area contributed by atoms with Crippen molar-refractivity contribution in [1.29, 1.82) is 0 Å². The largest absolute Gasteiger partial charge is 0.455 e. The molecular weight excluding hydrogens is 235 g/mol. The lowest BCUT2D eigenvalue weighted by Gasteiger charge is -2.24. The maximum absolute atomic E-state index is 12.4. The van der Waals surface area contributed by atoms with Gasteiger partial charge in [0.2, 0.25) is 0 Å². The number of nitrogens with two attached hydrogens (primary N) is 1. The average molecular weight is 247 g/mol. The summed E-state index contributed by atoms with van der Waals surface area (Å²) in [5.74, 6) is -2.18. The molecule has 0 aliphatic heterocycles. The number of hydrogen-bond donors (Lipinski definition) is 1. The van der Waals surface area contributed by atoms with Gasteiger partial charge in [-0.3, -0.25) is 9.48 Å². The highest BCUT2D eigenvalue weighted by Gasteiger charge is 2.44. The van der Waals surface area contributed by atoms with Gasteiger partial charge in [0.15, 0.2) is 0 Å². The van der Waals surface area contributed by atoms with E-state index in [9.17, 15) is 18.0 Å². The van der Waals surface area contributed by atoms with Crippen LogP contribution in [-0.2, 0) is 7.05 Å². The van der Waals surface area contributed by atoms with Crippen LogP contribution in [0.2, 0.25) is 0 Å². The van der Waals surface area contributed by atoms with E-state index in [1.54, 1.807) is 0 Å². The molecule has 1 saturated carbocycles. The molecule has 7 heteroatoms. The molecule has 1 aromatic heterocycles. The predicted molar refractivity (Wildman–Crippen MR) is 54.6 cm³/mol. The minimum Gasteiger partial charge on any atom is -0.383 e. The number of halogens is 3. The van der Waals surface area contributed by atoms with Gasteiger partial charge in [-0.2, -0.15) is 18.3 Å². The molecule has 1 fully saturated rings. The van der Waals surface area contributed by atoms with Crippen molar-refractivity contribution in [2.24, 2.45) is 7.05 Å². The van der Waals surface area contributed by atoms with Crippen LogP contribution in [0.25, 0.3) is 0 Å². The van der Waals surface area contributed by atoms with Crippen LogP contribution in [-0.4, -0.2) is 21.7 Å². The molecule has 4 nitrogen and oxygen atoms in total. The van der Waals surface area contributed by atoms with Crippen LogP contribution >= 0.6 is 0 Å². The summed E-state index contributed by atoms with van der Waals surface area (Å²) < 4.78 is 38.5. The molecule has 0 atom stereocenters. The van der Waals surface area contributed by atoms with Crippen molar-refractivity contribution < 1.29 is 18.0 Å². The van der Waals surface area contributed by atoms with Crippen LogP contribution in [0.3, 0.4) is 0 Å². The lowest BCUT2D eigenvalue weighted by atomic mass is 9.81. The number of aromatic nitrogens is 2. The molecule has 2 N–H and O–H groups in total. The van der Waals surface area contributed by atoms with Gasteiger partial charge in [-0.05, 0) is 12.8 Å². The topological polar surface area (TPSA) is 60.9 Å². The zero-order valence-corrected chi connectivity index (χ0v) is 9.21. The second-order valence-electron chi connectivity index (χ2n) is 4.22. The van der Waals surface area contributed by atoms with Crippen LogP contribution < -0.4 is 5.73 Å². The first-order chi connectivity index (χ1) is 7.82. The second kappa shape index (κ2) is 3.75. The number of hydrogen-bond acceptors (Lipinski definition) is 3. The molecule has 0 aromatic carbocycles. The highest BCUT2D eigenvalue weighted by molar-refractivity contribution is 6.05. The molecule has 2 rings (SSSR count). The highest BCUT2D eigenvalue weighted by atomic mass is 19.4. The Morgan fingerprint density at radius 2 is 2.06 bits per heavy atom. The summed E-state index contributed by atoms with van der Waals surface area (Å²) in [6, 6.07) is 0. The fourth-order valence-corrected chi connectivity index (χ4v) is 1.90. The number of ketones is 1. The van der Waals surface area contributed by atoms with Crippen molar-refractivity contribution in [3.05, 3.63) is 11.3 Å². The van der Waals surface area contributed by atoms with Crippen LogP contribution in [0, 0.1) is 0 Å². The number of rotatable bonds is 2. The van der Waals surface area contributed by atoms with E-state index < -0.39 is 17.5 Å². The van der Waals surface area contributed by atoms with Gasteiger partial charge in [-0.1, -0.05) is 6.42 Å². The first kappa shape index (κ1) is 11.9. The molecule has 94 valence electrons. The Kier molecular flexibility index (Phi) is 2.63. The maximum atomic E-state index is 12.4. The van der Waals surface area contributed by atoms with Crippen molar-refractivity contribution in [2.75, 3.05) is 5.73 Å². The van der Waals surface area contributed by atoms with Gasteiger partial charge in [0.1, 0.15) is 5.82 Å². The molecule has 0 saturated heterocycles. The first-order valence-corrected chi connectivity index (χ1v) is 5.26. The number of carbonyl (C=O) groups is 1. The number of carbonyl (C=O) groups excluding carboxylic acids is 1. The van der Waals surface area contributed by atoms with Gasteiger partial charge in [0.05, 0.1) is 11.3 Å². The van der Waals surface area contributed by atoms with Gasteiger partial charge < -0.3 is 5.73 Å². The number of anilines is 1. The molecule has 17 heavy (non-hydrogen) atoms. The predicted octanol–water partition coefficient (Wildman–Crippen LogP) is 2.01. The minimum atomic E-state index is -4.91. The second-order valence-corrected chi connectivity index (χ2v) is 4.22. The quantitative estimate of drug-likeness (QED) is 0.813. The van der Waals surface area contributed by atoms with Gasteiger partial charge >= 0.3 is 6.18 Å². The Morgan fingerprint density at radius 3 is 2.47 bits per heavy atom. The Bertz CT molecular complexity index is 460. The summed E-state index contributed by atoms with van der Waals surface area (Å²) in [6.07, 6.45) is -2.44. The molecule has 1 aliphatic rings. The number of alkyl halides is 3. The van der Waals surface area contributed by atoms with Crippen molar-refractivity contribution in [2.45, 2.75) is 31.4 Å². The van der Waals surface area contributed by atoms with Crippen LogP contribution in [0.4, 0.5) is 19.0 Å². The summed E-state index contributed by atoms with van der Waals surface area (Å²) >= 11 is 0. The average Bonchev–Trinajstić information content (AvgIpc) is 2.38. The third-order valence-corrected chi connectivity index (χ3v) is 3.10. The molecule has 0 amide bonds. The normalized spacial score (nSPS) is 16.9. The monoisotopic (exact) mass is 247 g/mol. The summed E-state index contributed by atoms with van der Waals surface area (Å²) in [4.78, 5) is 11.3. The van der Waals surface area contributed by atoms with E-state index in [1.807, 2.05) is 0 Å². The first-order valence-electron chi connectivity index (χ1n) is 5.26. The standard InChI is InChI=1S/C10H12F3N3O/c1-16-9(14)6(8(17)10(11,12)13)7(15-16)5-3-2-4-5/h5H,2-4,14H2,1H3. The van der Waals surface area contributed by atoms with Gasteiger partial charge in [0, 0.05) is 13.0 Å². The van der Waals surface area contributed by atoms with E-state index in [0.717, 1.165) is 23.9 Å². The Balaban J connectivity index is 2.47. The zero-order chi connectivity index (χ0) is 12.8. The number of nitrogen functional groups attached to an aromatic ring is 1.